The maximum Gasteiger partial charge on any atom is 0.408 e. The van der Waals surface area contributed by atoms with Gasteiger partial charge < -0.3 is 39.1 Å². The van der Waals surface area contributed by atoms with Crippen LogP contribution in [0.15, 0.2) is 67.3 Å². The van der Waals surface area contributed by atoms with Crippen LogP contribution in [0.4, 0.5) is 10.6 Å². The molecule has 4 atom stereocenters. The van der Waals surface area contributed by atoms with Crippen LogP contribution in [0.25, 0.3) is 11.2 Å². The number of amides is 1. The lowest BCUT2D eigenvalue weighted by molar-refractivity contribution is -0.149. The van der Waals surface area contributed by atoms with Crippen LogP contribution in [0, 0.1) is 0 Å². The van der Waals surface area contributed by atoms with Gasteiger partial charge >= 0.3 is 25.6 Å². The predicted octanol–water partition coefficient (Wildman–Crippen LogP) is 4.37. The van der Waals surface area contributed by atoms with Crippen molar-refractivity contribution < 1.29 is 42.4 Å². The number of nitrogens with one attached hydrogen (secondary N) is 2. The Morgan fingerprint density at radius 2 is 1.65 bits per heavy atom. The van der Waals surface area contributed by atoms with Gasteiger partial charge in [0.2, 0.25) is 0 Å². The average Bonchev–Trinajstić information content (AvgIpc) is 3.51. The van der Waals surface area contributed by atoms with Crippen molar-refractivity contribution in [3.63, 3.8) is 0 Å². The lowest BCUT2D eigenvalue weighted by Crippen LogP contribution is -2.43. The molecule has 2 aromatic carbocycles. The molecule has 0 bridgehead atoms. The Morgan fingerprint density at radius 3 is 2.33 bits per heavy atom. The minimum Gasteiger partial charge on any atom is -0.464 e. The number of anilines is 1. The first-order chi connectivity index (χ1) is 24.4. The van der Waals surface area contributed by atoms with Crippen molar-refractivity contribution in [1.82, 2.24) is 29.9 Å². The van der Waals surface area contributed by atoms with Gasteiger partial charge in [0.05, 0.1) is 31.7 Å². The van der Waals surface area contributed by atoms with E-state index in [1.165, 1.54) is 13.3 Å². The fourth-order valence-electron chi connectivity index (χ4n) is 4.80. The molecule has 0 spiro atoms. The summed E-state index contributed by atoms with van der Waals surface area (Å²) in [5, 5.41) is 5.35. The Morgan fingerprint density at radius 1 is 0.922 bits per heavy atom. The maximum atomic E-state index is 14.2. The van der Waals surface area contributed by atoms with Gasteiger partial charge in [-0.1, -0.05) is 42.5 Å². The van der Waals surface area contributed by atoms with Crippen molar-refractivity contribution >= 4 is 42.5 Å². The molecule has 0 aliphatic heterocycles. The summed E-state index contributed by atoms with van der Waals surface area (Å²) < 4.78 is 43.6. The summed E-state index contributed by atoms with van der Waals surface area (Å²) in [5.74, 6) is -0.793. The van der Waals surface area contributed by atoms with E-state index in [0.717, 1.165) is 5.56 Å². The van der Waals surface area contributed by atoms with Gasteiger partial charge in [-0.3, -0.25) is 9.36 Å². The van der Waals surface area contributed by atoms with Gasteiger partial charge in [-0.25, -0.2) is 29.6 Å². The second kappa shape index (κ2) is 18.3. The number of rotatable bonds is 18. The third-order valence-corrected chi connectivity index (χ3v) is 8.98. The SMILES string of the molecule is CCOC(=O)[C@H](Cc1ccc(OP(=O)(CO[C@H](C)Cn2cnc3c(N)ncnc32)N[C@@H](C)C(=O)OC(C)C)cc1)NC(=O)OCc1ccccc1. The number of ether oxygens (including phenoxy) is 4. The van der Waals surface area contributed by atoms with Crippen LogP contribution in [0.1, 0.15) is 45.7 Å². The first kappa shape index (κ1) is 38.7. The lowest BCUT2D eigenvalue weighted by Gasteiger charge is -2.25. The molecule has 0 radical (unpaired) electrons. The summed E-state index contributed by atoms with van der Waals surface area (Å²) in [6, 6.07) is 13.5. The van der Waals surface area contributed by atoms with E-state index < -0.39 is 50.1 Å². The van der Waals surface area contributed by atoms with Crippen molar-refractivity contribution in [2.45, 2.75) is 78.5 Å². The molecule has 17 heteroatoms. The van der Waals surface area contributed by atoms with E-state index in [2.05, 4.69) is 25.4 Å². The number of fused-ring (bicyclic) bond motifs is 1. The number of imidazole rings is 1. The monoisotopic (exact) mass is 725 g/mol. The second-order valence-corrected chi connectivity index (χ2v) is 13.9. The van der Waals surface area contributed by atoms with Gasteiger partial charge in [-0.05, 0) is 57.9 Å². The number of alkyl carbamates (subject to hydrolysis) is 1. The molecule has 4 aromatic rings. The molecule has 274 valence electrons. The summed E-state index contributed by atoms with van der Waals surface area (Å²) in [5.41, 5.74) is 8.30. The van der Waals surface area contributed by atoms with E-state index in [9.17, 15) is 18.9 Å². The highest BCUT2D eigenvalue weighted by atomic mass is 31.2. The number of carbonyl (C=O) groups excluding carboxylic acids is 3. The van der Waals surface area contributed by atoms with Gasteiger partial charge in [0.25, 0.3) is 0 Å². The minimum absolute atomic E-state index is 0.0309. The summed E-state index contributed by atoms with van der Waals surface area (Å²) >= 11 is 0. The Balaban J connectivity index is 1.43. The van der Waals surface area contributed by atoms with Gasteiger partial charge in [0.15, 0.2) is 11.5 Å². The van der Waals surface area contributed by atoms with Crippen molar-refractivity contribution in [3.05, 3.63) is 78.4 Å². The topological polar surface area (TPSA) is 208 Å². The molecule has 1 unspecified atom stereocenters. The molecule has 16 nitrogen and oxygen atoms in total. The molecule has 0 aliphatic carbocycles. The summed E-state index contributed by atoms with van der Waals surface area (Å²) in [7, 11) is -3.91. The van der Waals surface area contributed by atoms with Crippen LogP contribution in [0.5, 0.6) is 5.75 Å². The standard InChI is InChI=1S/C34H44N7O9P/c1-6-46-33(43)28(39-34(44)47-18-26-10-8-7-9-11-26)16-25-12-14-27(15-13-25)50-51(45,40-24(5)32(42)49-22(2)3)21-48-23(4)17-41-20-38-29-30(35)36-19-37-31(29)41/h7-15,19-20,22-24,28H,6,16-18,21H2,1-5H3,(H,39,44)(H,40,45)(H2,35,36,37)/t23-,24+,28+,51?/m1/s1. The van der Waals surface area contributed by atoms with E-state index in [1.54, 1.807) is 62.9 Å². The molecule has 0 fully saturated rings. The summed E-state index contributed by atoms with van der Waals surface area (Å²) in [6.07, 6.45) is 0.918. The van der Waals surface area contributed by atoms with Gasteiger partial charge in [0, 0.05) is 6.42 Å². The number of esters is 2. The smallest absolute Gasteiger partial charge is 0.408 e. The zero-order valence-corrected chi connectivity index (χ0v) is 30.1. The number of aromatic nitrogens is 4. The molecule has 2 aromatic heterocycles. The lowest BCUT2D eigenvalue weighted by atomic mass is 10.1. The number of nitrogens with zero attached hydrogens (tertiary/aromatic N) is 4. The normalized spacial score (nSPS) is 14.2. The highest BCUT2D eigenvalue weighted by Gasteiger charge is 2.32. The highest BCUT2D eigenvalue weighted by molar-refractivity contribution is 7.57. The molecule has 51 heavy (non-hydrogen) atoms. The number of nitrogen functional groups attached to an aromatic ring is 1. The van der Waals surface area contributed by atoms with Crippen LogP contribution >= 0.6 is 7.52 Å². The first-order valence-electron chi connectivity index (χ1n) is 16.4. The first-order valence-corrected chi connectivity index (χ1v) is 18.2. The third-order valence-electron chi connectivity index (χ3n) is 7.20. The van der Waals surface area contributed by atoms with Crippen LogP contribution in [0.2, 0.25) is 0 Å². The van der Waals surface area contributed by atoms with E-state index >= 15 is 0 Å². The molecule has 4 N–H and O–H groups in total. The van der Waals surface area contributed by atoms with Crippen LogP contribution in [-0.4, -0.2) is 74.8 Å². The predicted molar refractivity (Wildman–Crippen MR) is 188 cm³/mol. The van der Waals surface area contributed by atoms with E-state index in [0.29, 0.717) is 23.3 Å². The van der Waals surface area contributed by atoms with E-state index in [4.69, 9.17) is 29.2 Å². The highest BCUT2D eigenvalue weighted by Crippen LogP contribution is 2.44. The fraction of sp³-hybridized carbons (Fsp3) is 0.412. The Hall–Kier alpha value is -5.05. The Labute approximate surface area is 295 Å². The number of hydrogen-bond donors (Lipinski definition) is 3. The molecule has 0 saturated heterocycles. The molecule has 4 rings (SSSR count). The molecular formula is C34H44N7O9P. The second-order valence-electron chi connectivity index (χ2n) is 11.9. The molecule has 1 amide bonds. The molecular weight excluding hydrogens is 681 g/mol. The summed E-state index contributed by atoms with van der Waals surface area (Å²) in [6.45, 7) is 8.82. The number of nitrogens with two attached hydrogens (primary N) is 1. The summed E-state index contributed by atoms with van der Waals surface area (Å²) in [4.78, 5) is 50.3. The zero-order valence-electron chi connectivity index (χ0n) is 29.2. The van der Waals surface area contributed by atoms with Gasteiger partial charge in [-0.2, -0.15) is 0 Å². The van der Waals surface area contributed by atoms with Crippen LogP contribution < -0.4 is 20.7 Å². The van der Waals surface area contributed by atoms with Crippen LogP contribution in [0.3, 0.4) is 0 Å². The largest absolute Gasteiger partial charge is 0.464 e. The van der Waals surface area contributed by atoms with E-state index in [1.807, 2.05) is 30.3 Å². The number of carbonyl (C=O) groups is 3. The minimum atomic E-state index is -3.91. The molecule has 0 aliphatic rings. The number of hydrogen-bond acceptors (Lipinski definition) is 13. The Bertz CT molecular complexity index is 1800. The molecule has 0 saturated carbocycles. The maximum absolute atomic E-state index is 14.2. The average molecular weight is 726 g/mol. The van der Waals surface area contributed by atoms with Crippen LogP contribution in [-0.2, 0) is 52.7 Å². The zero-order chi connectivity index (χ0) is 37.0. The van der Waals surface area contributed by atoms with Crippen molar-refractivity contribution in [3.8, 4) is 5.75 Å². The Kier molecular flexibility index (Phi) is 13.9. The third kappa shape index (κ3) is 11.8. The van der Waals surface area contributed by atoms with Gasteiger partial charge in [-0.15, -0.1) is 0 Å². The van der Waals surface area contributed by atoms with Gasteiger partial charge in [0.1, 0.15) is 42.6 Å². The fourth-order valence-corrected chi connectivity index (χ4v) is 6.58. The quantitative estimate of drug-likeness (QED) is 0.0740. The molecule has 2 heterocycles. The van der Waals surface area contributed by atoms with E-state index in [-0.39, 0.29) is 37.3 Å². The van der Waals surface area contributed by atoms with Crippen molar-refractivity contribution in [2.24, 2.45) is 0 Å². The van der Waals surface area contributed by atoms with Crippen molar-refractivity contribution in [2.75, 3.05) is 18.7 Å². The van der Waals surface area contributed by atoms with Crippen molar-refractivity contribution in [1.29, 1.82) is 0 Å². The number of benzene rings is 2.